The van der Waals surface area contributed by atoms with Gasteiger partial charge in [-0.3, -0.25) is 4.79 Å². The molecular formula is C16H17ClN2O. The summed E-state index contributed by atoms with van der Waals surface area (Å²) in [6.07, 6.45) is 3.36. The number of aromatic amines is 1. The van der Waals surface area contributed by atoms with Crippen LogP contribution >= 0.6 is 11.6 Å². The van der Waals surface area contributed by atoms with Crippen LogP contribution in [0.15, 0.2) is 24.3 Å². The molecule has 1 aromatic carbocycles. The number of aryl methyl sites for hydroxylation is 1. The van der Waals surface area contributed by atoms with Crippen molar-refractivity contribution in [2.45, 2.75) is 25.3 Å². The highest BCUT2D eigenvalue weighted by Gasteiger charge is 2.42. The van der Waals surface area contributed by atoms with Crippen LogP contribution in [0, 0.1) is 5.92 Å². The molecule has 2 aromatic rings. The van der Waals surface area contributed by atoms with Gasteiger partial charge in [-0.1, -0.05) is 18.2 Å². The predicted octanol–water partition coefficient (Wildman–Crippen LogP) is 3.24. The zero-order valence-electron chi connectivity index (χ0n) is 11.2. The third kappa shape index (κ3) is 1.62. The van der Waals surface area contributed by atoms with Crippen molar-refractivity contribution in [2.75, 3.05) is 12.4 Å². The summed E-state index contributed by atoms with van der Waals surface area (Å²) >= 11 is 5.78. The van der Waals surface area contributed by atoms with Gasteiger partial charge in [0.05, 0.1) is 6.04 Å². The Bertz CT molecular complexity index is 678. The Kier molecular flexibility index (Phi) is 2.77. The van der Waals surface area contributed by atoms with Crippen LogP contribution < -0.4 is 0 Å². The van der Waals surface area contributed by atoms with E-state index in [0.29, 0.717) is 5.92 Å². The number of amides is 1. The van der Waals surface area contributed by atoms with Crippen LogP contribution in [0.4, 0.5) is 0 Å². The standard InChI is InChI=1S/C16H17ClN2O/c17-9-14(20)19-8-7-10-5-6-13-15(16(10)19)11-3-1-2-4-12(11)18-13/h1-4,10,16,18H,5-9H2/t10-,16+/m0/s1. The number of aromatic nitrogens is 1. The minimum atomic E-state index is 0.0669. The minimum absolute atomic E-state index is 0.0669. The number of likely N-dealkylation sites (tertiary alicyclic amines) is 1. The van der Waals surface area contributed by atoms with Gasteiger partial charge in [-0.05, 0) is 31.2 Å². The monoisotopic (exact) mass is 288 g/mol. The van der Waals surface area contributed by atoms with E-state index >= 15 is 0 Å². The SMILES string of the molecule is O=C(CCl)N1CC[C@@H]2CCc3[nH]c4ccccc4c3[C@@H]21. The number of H-pyrrole nitrogens is 1. The molecule has 1 amide bonds. The number of benzene rings is 1. The highest BCUT2D eigenvalue weighted by atomic mass is 35.5. The summed E-state index contributed by atoms with van der Waals surface area (Å²) in [5.74, 6) is 0.743. The van der Waals surface area contributed by atoms with Gasteiger partial charge < -0.3 is 9.88 Å². The molecule has 104 valence electrons. The molecule has 0 bridgehead atoms. The molecule has 2 atom stereocenters. The van der Waals surface area contributed by atoms with Crippen molar-refractivity contribution in [3.63, 3.8) is 0 Å². The van der Waals surface area contributed by atoms with E-state index in [1.54, 1.807) is 0 Å². The number of halogens is 1. The summed E-state index contributed by atoms with van der Waals surface area (Å²) in [5, 5.41) is 1.27. The summed E-state index contributed by atoms with van der Waals surface area (Å²) in [6.45, 7) is 0.847. The number of alkyl halides is 1. The number of nitrogens with zero attached hydrogens (tertiary/aromatic N) is 1. The van der Waals surface area contributed by atoms with Gasteiger partial charge in [0.1, 0.15) is 5.88 Å². The molecule has 1 fully saturated rings. The average Bonchev–Trinajstić information content (AvgIpc) is 3.06. The van der Waals surface area contributed by atoms with Crippen molar-refractivity contribution in [3.8, 4) is 0 Å². The number of rotatable bonds is 1. The van der Waals surface area contributed by atoms with Crippen molar-refractivity contribution in [3.05, 3.63) is 35.5 Å². The Morgan fingerprint density at radius 3 is 3.05 bits per heavy atom. The molecule has 2 aliphatic rings. The van der Waals surface area contributed by atoms with Gasteiger partial charge >= 0.3 is 0 Å². The van der Waals surface area contributed by atoms with E-state index < -0.39 is 0 Å². The second-order valence-electron chi connectivity index (χ2n) is 5.82. The van der Waals surface area contributed by atoms with E-state index in [2.05, 4.69) is 29.2 Å². The van der Waals surface area contributed by atoms with E-state index in [-0.39, 0.29) is 17.8 Å². The maximum absolute atomic E-state index is 12.1. The topological polar surface area (TPSA) is 36.1 Å². The summed E-state index contributed by atoms with van der Waals surface area (Å²) < 4.78 is 0. The van der Waals surface area contributed by atoms with Crippen LogP contribution in [0.2, 0.25) is 0 Å². The molecule has 4 heteroatoms. The van der Waals surface area contributed by atoms with Crippen molar-refractivity contribution in [1.82, 2.24) is 9.88 Å². The molecule has 0 radical (unpaired) electrons. The zero-order chi connectivity index (χ0) is 13.7. The van der Waals surface area contributed by atoms with Crippen molar-refractivity contribution < 1.29 is 4.79 Å². The molecule has 20 heavy (non-hydrogen) atoms. The Morgan fingerprint density at radius 1 is 1.35 bits per heavy atom. The normalized spacial score (nSPS) is 24.8. The zero-order valence-corrected chi connectivity index (χ0v) is 12.0. The summed E-state index contributed by atoms with van der Waals surface area (Å²) in [6, 6.07) is 8.63. The molecular weight excluding hydrogens is 272 g/mol. The van der Waals surface area contributed by atoms with Crippen molar-refractivity contribution >= 4 is 28.4 Å². The molecule has 4 rings (SSSR count). The van der Waals surface area contributed by atoms with Gasteiger partial charge in [0.25, 0.3) is 0 Å². The first kappa shape index (κ1) is 12.3. The summed E-state index contributed by atoms with van der Waals surface area (Å²) in [4.78, 5) is 17.7. The quantitative estimate of drug-likeness (QED) is 0.804. The Hall–Kier alpha value is -1.48. The average molecular weight is 289 g/mol. The van der Waals surface area contributed by atoms with E-state index in [4.69, 9.17) is 11.6 Å². The van der Waals surface area contributed by atoms with Gasteiger partial charge in [-0.25, -0.2) is 0 Å². The fourth-order valence-corrected chi connectivity index (χ4v) is 4.14. The highest BCUT2D eigenvalue weighted by Crippen LogP contribution is 2.47. The third-order valence-electron chi connectivity index (χ3n) is 4.85. The number of fused-ring (bicyclic) bond motifs is 5. The number of carbonyl (C=O) groups excluding carboxylic acids is 1. The van der Waals surface area contributed by atoms with Crippen molar-refractivity contribution in [1.29, 1.82) is 0 Å². The molecule has 0 unspecified atom stereocenters. The summed E-state index contributed by atoms with van der Waals surface area (Å²) in [5.41, 5.74) is 3.83. The molecule has 0 saturated carbocycles. The van der Waals surface area contributed by atoms with Gasteiger partial charge in [-0.2, -0.15) is 0 Å². The van der Waals surface area contributed by atoms with E-state index in [1.807, 2.05) is 4.90 Å². The smallest absolute Gasteiger partial charge is 0.238 e. The number of para-hydroxylation sites is 1. The maximum atomic E-state index is 12.1. The first-order chi connectivity index (χ1) is 9.79. The molecule has 1 aliphatic heterocycles. The molecule has 1 aliphatic carbocycles. The van der Waals surface area contributed by atoms with Gasteiger partial charge in [0.2, 0.25) is 5.91 Å². The molecule has 1 saturated heterocycles. The first-order valence-electron chi connectivity index (χ1n) is 7.24. The van der Waals surface area contributed by atoms with E-state index in [1.165, 1.54) is 22.2 Å². The lowest BCUT2D eigenvalue weighted by Crippen LogP contribution is -2.34. The highest BCUT2D eigenvalue weighted by molar-refractivity contribution is 6.27. The number of hydrogen-bond donors (Lipinski definition) is 1. The van der Waals surface area contributed by atoms with Crippen LogP contribution in [0.1, 0.15) is 30.1 Å². The lowest BCUT2D eigenvalue weighted by molar-refractivity contribution is -0.129. The molecule has 0 spiro atoms. The Balaban J connectivity index is 1.88. The number of hydrogen-bond acceptors (Lipinski definition) is 1. The third-order valence-corrected chi connectivity index (χ3v) is 5.08. The second kappa shape index (κ2) is 4.52. The molecule has 3 nitrogen and oxygen atoms in total. The van der Waals surface area contributed by atoms with Crippen LogP contribution in [0.3, 0.4) is 0 Å². The largest absolute Gasteiger partial charge is 0.358 e. The fraction of sp³-hybridized carbons (Fsp3) is 0.438. The number of nitrogens with one attached hydrogen (secondary N) is 1. The first-order valence-corrected chi connectivity index (χ1v) is 7.78. The van der Waals surface area contributed by atoms with Crippen LogP contribution in [-0.2, 0) is 11.2 Å². The Labute approximate surface area is 122 Å². The number of carbonyl (C=O) groups is 1. The summed E-state index contributed by atoms with van der Waals surface area (Å²) in [7, 11) is 0. The molecule has 1 N–H and O–H groups in total. The fourth-order valence-electron chi connectivity index (χ4n) is 3.99. The van der Waals surface area contributed by atoms with Gasteiger partial charge in [0.15, 0.2) is 0 Å². The van der Waals surface area contributed by atoms with Crippen LogP contribution in [0.25, 0.3) is 10.9 Å². The second-order valence-corrected chi connectivity index (χ2v) is 6.08. The lowest BCUT2D eigenvalue weighted by Gasteiger charge is -2.32. The molecule has 1 aromatic heterocycles. The van der Waals surface area contributed by atoms with Crippen LogP contribution in [0.5, 0.6) is 0 Å². The van der Waals surface area contributed by atoms with Crippen molar-refractivity contribution in [2.24, 2.45) is 5.92 Å². The van der Waals surface area contributed by atoms with Crippen LogP contribution in [-0.4, -0.2) is 28.2 Å². The Morgan fingerprint density at radius 2 is 2.20 bits per heavy atom. The lowest BCUT2D eigenvalue weighted by atomic mass is 9.82. The predicted molar refractivity (Wildman–Crippen MR) is 79.9 cm³/mol. The van der Waals surface area contributed by atoms with Gasteiger partial charge in [0, 0.05) is 28.7 Å². The van der Waals surface area contributed by atoms with Gasteiger partial charge in [-0.15, -0.1) is 11.6 Å². The molecule has 2 heterocycles. The maximum Gasteiger partial charge on any atom is 0.238 e. The van der Waals surface area contributed by atoms with E-state index in [0.717, 1.165) is 25.8 Å². The van der Waals surface area contributed by atoms with E-state index in [9.17, 15) is 4.79 Å². The minimum Gasteiger partial charge on any atom is -0.358 e.